The highest BCUT2D eigenvalue weighted by atomic mass is 16.7. The second-order valence-corrected chi connectivity index (χ2v) is 33.7. The van der Waals surface area contributed by atoms with Gasteiger partial charge in [0.2, 0.25) is 0 Å². The standard InChI is InChI=1S/2C43H58N4O12.C6H4O2/c2*1-21-12-11-13-22(2)42(55)45-33-28(20-44-47-17-15-46(9)16-18-47)37(52)30-31(38(33)53)36(51)26(6)40-32(30)41(54)43(8,59-40)57-19-14-29(56-10)23(3)39(58-27(7)48)25(5)35(50)24(4)34(21)49;7-5-1-2-6(8)4-3-5/h2*11-14,19-21,23-25,29,34-35,39,49-53H,15-18H2,1-10H3,(H,45,55);1-4H/b2*12-11+,19-14+,22-13-,44-20+;/t2*21-,23+,24+,25+,29-,34-,35+,39+,43-;/m00./s1. The Labute approximate surface area is 732 Å². The number of aliphatic hydroxyl groups excluding tert-OH is 4. The van der Waals surface area contributed by atoms with Gasteiger partial charge in [0.05, 0.1) is 106 Å². The van der Waals surface area contributed by atoms with Gasteiger partial charge in [-0.25, -0.2) is 0 Å². The second kappa shape index (κ2) is 41.3. The number of hydrazone groups is 2. The van der Waals surface area contributed by atoms with Gasteiger partial charge < -0.3 is 109 Å². The quantitative estimate of drug-likeness (QED) is 0.0257. The van der Waals surface area contributed by atoms with Crippen LogP contribution in [0.2, 0.25) is 0 Å². The molecule has 8 heterocycles. The topological polar surface area (TPSA) is 474 Å². The van der Waals surface area contributed by atoms with E-state index < -0.39 is 178 Å². The number of hydrogen-bond donors (Lipinski definition) is 12. The molecule has 126 heavy (non-hydrogen) atoms. The fourth-order valence-electron chi connectivity index (χ4n) is 16.3. The van der Waals surface area contributed by atoms with Gasteiger partial charge in [0.15, 0.2) is 23.1 Å². The molecule has 0 radical (unpaired) electrons. The fourth-order valence-corrected chi connectivity index (χ4v) is 16.3. The van der Waals surface area contributed by atoms with E-state index in [0.29, 0.717) is 26.2 Å². The lowest BCUT2D eigenvalue weighted by molar-refractivity contribution is -0.161. The lowest BCUT2D eigenvalue weighted by Gasteiger charge is -2.38. The molecule has 0 unspecified atom stereocenters. The number of ketones is 4. The molecule has 4 aromatic carbocycles. The summed E-state index contributed by atoms with van der Waals surface area (Å²) >= 11 is 0. The average Bonchev–Trinajstić information content (AvgIpc) is 1.61. The SMILES string of the molecule is CO[C@H]1/C=C/O[C@@]2(C)Oc3c(C)c(O)c4c(O)c(c(/C=N/N5CCN(C)CC5)c(O)c4c3C2=O)NC(=O)/C(C)=C\C=C\[C@H](C)[C@H](O)[C@@H](C)[C@@H](O)[C@@H](C)[C@H](OC(C)=O)[C@@H]1C.CO[C@H]1/C=C/O[C@@]2(C)Oc3c(C)c(O)c4c(O)c(c(/C=N/N5CCN(C)CC5)c(O)c4c3C2=O)NC(=O)/C(C)=C\C=C\[C@H](C)[C@H](O)[C@@H](C)[C@@H](O)[C@@H](C)[C@H](OC(C)=O)[C@@H]1C.O=C1C=CC(=O)C=C1. The number of anilines is 2. The Bertz CT molecular complexity index is 4820. The number of nitrogens with zero attached hydrogens (tertiary/aromatic N) is 6. The Morgan fingerprint density at radius 2 is 0.786 bits per heavy atom. The summed E-state index contributed by atoms with van der Waals surface area (Å²) in [6, 6.07) is 0. The van der Waals surface area contributed by atoms with Crippen molar-refractivity contribution in [2.45, 2.75) is 171 Å². The van der Waals surface area contributed by atoms with Crippen LogP contribution in [-0.4, -0.2) is 271 Å². The van der Waals surface area contributed by atoms with Crippen molar-refractivity contribution in [1.82, 2.24) is 19.8 Å². The number of rotatable bonds is 8. The molecule has 0 spiro atoms. The number of esters is 2. The van der Waals surface area contributed by atoms with E-state index in [-0.39, 0.29) is 101 Å². The van der Waals surface area contributed by atoms with E-state index in [2.05, 4.69) is 30.6 Å². The number of likely N-dealkylation sites (N-methyl/N-ethyl adjacent to an activating group) is 2. The zero-order valence-corrected chi connectivity index (χ0v) is 74.8. The highest BCUT2D eigenvalue weighted by molar-refractivity contribution is 6.26. The molecule has 0 aromatic heterocycles. The maximum atomic E-state index is 14.4. The summed E-state index contributed by atoms with van der Waals surface area (Å²) in [5.41, 5.74) is -0.700. The molecule has 10 bridgehead atoms. The third-order valence-electron chi connectivity index (χ3n) is 24.5. The van der Waals surface area contributed by atoms with Crippen LogP contribution in [0.1, 0.15) is 140 Å². The van der Waals surface area contributed by atoms with Crippen LogP contribution in [0.15, 0.2) is 107 Å². The van der Waals surface area contributed by atoms with Crippen LogP contribution in [0.25, 0.3) is 21.5 Å². The number of fused-ring (bicyclic) bond motifs is 28. The van der Waals surface area contributed by atoms with E-state index in [1.165, 1.54) is 143 Å². The van der Waals surface area contributed by atoms with E-state index in [1.54, 1.807) is 89.7 Å². The van der Waals surface area contributed by atoms with E-state index >= 15 is 0 Å². The highest BCUT2D eigenvalue weighted by Gasteiger charge is 2.52. The molecule has 2 amide bonds. The van der Waals surface area contributed by atoms with E-state index in [1.807, 2.05) is 14.1 Å². The van der Waals surface area contributed by atoms with Crippen molar-refractivity contribution in [2.75, 3.05) is 91.3 Å². The number of hydrogen-bond acceptors (Lipinski definition) is 32. The summed E-state index contributed by atoms with van der Waals surface area (Å²) < 4.78 is 47.2. The van der Waals surface area contributed by atoms with Gasteiger partial charge in [-0.1, -0.05) is 91.8 Å². The van der Waals surface area contributed by atoms with Gasteiger partial charge in [-0.05, 0) is 78.2 Å². The molecule has 8 aliphatic heterocycles. The van der Waals surface area contributed by atoms with E-state index in [4.69, 9.17) is 37.9 Å². The van der Waals surface area contributed by atoms with E-state index in [9.17, 15) is 89.4 Å². The van der Waals surface area contributed by atoms with Crippen LogP contribution < -0.4 is 20.1 Å². The van der Waals surface area contributed by atoms with Crippen LogP contribution >= 0.6 is 0 Å². The van der Waals surface area contributed by atoms with Crippen LogP contribution in [0, 0.1) is 61.2 Å². The number of aromatic hydroxyl groups is 6. The molecule has 12 N–H and O–H groups in total. The first-order valence-electron chi connectivity index (χ1n) is 41.8. The van der Waals surface area contributed by atoms with Crippen molar-refractivity contribution in [1.29, 1.82) is 0 Å². The number of carbonyl (C=O) groups is 8. The van der Waals surface area contributed by atoms with E-state index in [0.717, 1.165) is 26.2 Å². The molecule has 34 nitrogen and oxygen atoms in total. The summed E-state index contributed by atoms with van der Waals surface area (Å²) in [6.07, 6.45) is 14.7. The van der Waals surface area contributed by atoms with Gasteiger partial charge >= 0.3 is 23.5 Å². The van der Waals surface area contributed by atoms with Gasteiger partial charge in [-0.2, -0.15) is 10.2 Å². The molecule has 1 aliphatic carbocycles. The number of Topliss-reactive ketones (excluding diaryl/α,β-unsaturated/α-hetero) is 2. The van der Waals surface area contributed by atoms with Crippen molar-refractivity contribution in [2.24, 2.45) is 57.5 Å². The predicted octanol–water partition coefficient (Wildman–Crippen LogP) is 8.92. The number of allylic oxidation sites excluding steroid dienone is 8. The van der Waals surface area contributed by atoms with Crippen LogP contribution in [0.3, 0.4) is 0 Å². The third-order valence-corrected chi connectivity index (χ3v) is 24.5. The number of nitrogens with one attached hydrogen (secondary N) is 2. The maximum absolute atomic E-state index is 14.4. The number of benzene rings is 4. The average molecular weight is 1750 g/mol. The third kappa shape index (κ3) is 21.3. The zero-order chi connectivity index (χ0) is 93.3. The van der Waals surface area contributed by atoms with Crippen molar-refractivity contribution in [3.8, 4) is 46.0 Å². The summed E-state index contributed by atoms with van der Waals surface area (Å²) in [4.78, 5) is 106. The predicted molar refractivity (Wildman–Crippen MR) is 469 cm³/mol. The Morgan fingerprint density at radius 3 is 1.10 bits per heavy atom. The number of phenols is 6. The number of aliphatic hydroxyl groups is 4. The monoisotopic (exact) mass is 1750 g/mol. The van der Waals surface area contributed by atoms with Crippen molar-refractivity contribution >= 4 is 92.2 Å². The first-order chi connectivity index (χ1) is 59.2. The number of piperazine rings is 2. The van der Waals surface area contributed by atoms with Crippen LogP contribution in [0.5, 0.6) is 46.0 Å². The van der Waals surface area contributed by atoms with Crippen molar-refractivity contribution in [3.05, 3.63) is 130 Å². The van der Waals surface area contributed by atoms with Gasteiger partial charge in [0.1, 0.15) is 46.7 Å². The molecular formula is C92H120N8O26. The summed E-state index contributed by atoms with van der Waals surface area (Å²) in [6.45, 7) is 30.2. The number of methoxy groups -OCH3 is 2. The van der Waals surface area contributed by atoms with Gasteiger partial charge in [-0.15, -0.1) is 0 Å². The minimum atomic E-state index is -2.04. The first kappa shape index (κ1) is 98.3. The Kier molecular flexibility index (Phi) is 32.2. The fraction of sp³-hybridized carbons (Fsp3) is 0.500. The Hall–Kier alpha value is -11.5. The largest absolute Gasteiger partial charge is 0.507 e. The molecule has 2 fully saturated rings. The Balaban J connectivity index is 0.000000261. The lowest BCUT2D eigenvalue weighted by atomic mass is 9.78. The molecule has 18 atom stereocenters. The van der Waals surface area contributed by atoms with Gasteiger partial charge in [0, 0.05) is 175 Å². The Morgan fingerprint density at radius 1 is 0.460 bits per heavy atom. The first-order valence-corrected chi connectivity index (χ1v) is 41.8. The normalized spacial score (nSPS) is 31.1. The lowest BCUT2D eigenvalue weighted by Crippen LogP contribution is -2.46. The highest BCUT2D eigenvalue weighted by Crippen LogP contribution is 2.57. The molecule has 684 valence electrons. The molecule has 34 heteroatoms. The van der Waals surface area contributed by atoms with Gasteiger partial charge in [-0.3, -0.25) is 48.4 Å². The second-order valence-electron chi connectivity index (χ2n) is 33.7. The maximum Gasteiger partial charge on any atom is 0.312 e. The summed E-state index contributed by atoms with van der Waals surface area (Å²) in [5.74, 6) is -16.9. The molecule has 0 saturated carbocycles. The molecular weight excluding hydrogens is 1630 g/mol. The number of ether oxygens (including phenoxy) is 8. The number of phenolic OH excluding ortho intramolecular Hbond substituents is 6. The number of amides is 2. The number of carbonyl (C=O) groups excluding carboxylic acids is 8. The molecule has 4 aromatic rings. The zero-order valence-electron chi connectivity index (χ0n) is 74.8. The molecule has 2 saturated heterocycles. The van der Waals surface area contributed by atoms with Crippen LogP contribution in [0.4, 0.5) is 11.4 Å². The van der Waals surface area contributed by atoms with Crippen molar-refractivity contribution in [3.63, 3.8) is 0 Å². The van der Waals surface area contributed by atoms with Gasteiger partial charge in [0.25, 0.3) is 23.4 Å². The van der Waals surface area contributed by atoms with Crippen LogP contribution in [-0.2, 0) is 57.2 Å². The minimum Gasteiger partial charge on any atom is -0.507 e. The summed E-state index contributed by atoms with van der Waals surface area (Å²) in [5, 5.41) is 134. The smallest absolute Gasteiger partial charge is 0.312 e. The molecule has 9 aliphatic rings. The summed E-state index contributed by atoms with van der Waals surface area (Å²) in [7, 11) is 6.84. The molecule has 13 rings (SSSR count). The van der Waals surface area contributed by atoms with Crippen molar-refractivity contribution < 1.29 is 127 Å². The minimum absolute atomic E-state index is 0.0559.